The quantitative estimate of drug-likeness (QED) is 0.655. The fourth-order valence-corrected chi connectivity index (χ4v) is 3.87. The number of fused-ring (bicyclic) bond motifs is 1. The lowest BCUT2D eigenvalue weighted by Crippen LogP contribution is -2.40. The lowest BCUT2D eigenvalue weighted by molar-refractivity contribution is -0.127. The van der Waals surface area contributed by atoms with Gasteiger partial charge in [0.2, 0.25) is 5.91 Å². The normalized spacial score (nSPS) is 17.3. The minimum absolute atomic E-state index is 0.0374. The van der Waals surface area contributed by atoms with Crippen molar-refractivity contribution in [1.29, 1.82) is 0 Å². The maximum Gasteiger partial charge on any atom is 0.246 e. The fraction of sp³-hybridized carbons (Fsp3) is 0.364. The molecule has 30 heavy (non-hydrogen) atoms. The summed E-state index contributed by atoms with van der Waals surface area (Å²) in [6, 6.07) is 9.97. The van der Waals surface area contributed by atoms with E-state index in [-0.39, 0.29) is 11.9 Å². The van der Waals surface area contributed by atoms with Gasteiger partial charge in [0.1, 0.15) is 17.8 Å². The van der Waals surface area contributed by atoms with E-state index in [9.17, 15) is 4.79 Å². The minimum atomic E-state index is 0.0374. The average Bonchev–Trinajstić information content (AvgIpc) is 3.15. The molecule has 1 atom stereocenters. The second-order valence-corrected chi connectivity index (χ2v) is 7.86. The van der Waals surface area contributed by atoms with Gasteiger partial charge in [-0.3, -0.25) is 4.79 Å². The van der Waals surface area contributed by atoms with E-state index in [1.807, 2.05) is 65.0 Å². The standard InChI is InChI=1S/C22H27N7O/c1-27(2)12-7-11-18(30)28-13-6-10-17(14-28)29-22-19(21(23)24-15-25-22)20(26-29)16-8-4-3-5-9-16/h3-5,7-9,11,15,17H,6,10,12-14H2,1-2H3,(H2,23,24,25)/b11-7+/t17-/m1/s1. The molecule has 1 aromatic carbocycles. The molecule has 0 saturated carbocycles. The van der Waals surface area contributed by atoms with Crippen molar-refractivity contribution >= 4 is 22.8 Å². The van der Waals surface area contributed by atoms with Gasteiger partial charge in [0, 0.05) is 31.3 Å². The highest BCUT2D eigenvalue weighted by molar-refractivity contribution is 5.98. The molecule has 0 aliphatic carbocycles. The van der Waals surface area contributed by atoms with Crippen LogP contribution in [0, 0.1) is 0 Å². The highest BCUT2D eigenvalue weighted by Crippen LogP contribution is 2.33. The van der Waals surface area contributed by atoms with Crippen LogP contribution in [0.1, 0.15) is 18.9 Å². The number of likely N-dealkylation sites (tertiary alicyclic amines) is 1. The van der Waals surface area contributed by atoms with Gasteiger partial charge in [-0.05, 0) is 26.9 Å². The third-order valence-corrected chi connectivity index (χ3v) is 5.35. The van der Waals surface area contributed by atoms with Gasteiger partial charge in [-0.15, -0.1) is 0 Å². The van der Waals surface area contributed by atoms with Crippen LogP contribution in [0.3, 0.4) is 0 Å². The van der Waals surface area contributed by atoms with Crippen LogP contribution in [0.25, 0.3) is 22.3 Å². The zero-order chi connectivity index (χ0) is 21.1. The number of rotatable bonds is 5. The number of nitrogens with zero attached hydrogens (tertiary/aromatic N) is 6. The first-order chi connectivity index (χ1) is 14.5. The van der Waals surface area contributed by atoms with Gasteiger partial charge in [-0.1, -0.05) is 36.4 Å². The minimum Gasteiger partial charge on any atom is -0.383 e. The maximum atomic E-state index is 12.6. The largest absolute Gasteiger partial charge is 0.383 e. The molecule has 1 fully saturated rings. The molecule has 156 valence electrons. The first-order valence-corrected chi connectivity index (χ1v) is 10.2. The van der Waals surface area contributed by atoms with Crippen molar-refractivity contribution in [2.75, 3.05) is 39.5 Å². The number of anilines is 1. The molecule has 8 heteroatoms. The second kappa shape index (κ2) is 8.62. The summed E-state index contributed by atoms with van der Waals surface area (Å²) in [6.07, 6.45) is 6.89. The Balaban J connectivity index is 1.65. The lowest BCUT2D eigenvalue weighted by Gasteiger charge is -2.32. The molecule has 3 heterocycles. The number of hydrogen-bond acceptors (Lipinski definition) is 6. The third-order valence-electron chi connectivity index (χ3n) is 5.35. The second-order valence-electron chi connectivity index (χ2n) is 7.86. The molecule has 1 saturated heterocycles. The molecule has 2 N–H and O–H groups in total. The SMILES string of the molecule is CN(C)C/C=C/C(=O)N1CCC[C@@H](n2nc(-c3ccccc3)c3c(N)ncnc32)C1. The summed E-state index contributed by atoms with van der Waals surface area (Å²) < 4.78 is 1.93. The molecule has 0 spiro atoms. The number of nitrogens with two attached hydrogens (primary N) is 1. The van der Waals surface area contributed by atoms with E-state index in [4.69, 9.17) is 10.8 Å². The molecule has 2 aromatic heterocycles. The smallest absolute Gasteiger partial charge is 0.246 e. The Morgan fingerprint density at radius 1 is 1.27 bits per heavy atom. The van der Waals surface area contributed by atoms with E-state index in [1.54, 1.807) is 6.08 Å². The predicted octanol–water partition coefficient (Wildman–Crippen LogP) is 2.36. The summed E-state index contributed by atoms with van der Waals surface area (Å²) >= 11 is 0. The Bertz CT molecular complexity index is 1060. The summed E-state index contributed by atoms with van der Waals surface area (Å²) in [6.45, 7) is 2.09. The molecule has 1 aliphatic heterocycles. The van der Waals surface area contributed by atoms with Crippen LogP contribution < -0.4 is 5.73 Å². The van der Waals surface area contributed by atoms with Crippen molar-refractivity contribution in [3.05, 3.63) is 48.8 Å². The number of piperidine rings is 1. The number of carbonyl (C=O) groups excluding carboxylic acids is 1. The van der Waals surface area contributed by atoms with E-state index >= 15 is 0 Å². The van der Waals surface area contributed by atoms with Gasteiger partial charge < -0.3 is 15.5 Å². The van der Waals surface area contributed by atoms with E-state index in [0.29, 0.717) is 18.0 Å². The van der Waals surface area contributed by atoms with Crippen LogP contribution in [0.4, 0.5) is 5.82 Å². The summed E-state index contributed by atoms with van der Waals surface area (Å²) in [7, 11) is 3.96. The highest BCUT2D eigenvalue weighted by atomic mass is 16.2. The van der Waals surface area contributed by atoms with Crippen molar-refractivity contribution in [3.8, 4) is 11.3 Å². The molecular formula is C22H27N7O. The number of nitrogen functional groups attached to an aromatic ring is 1. The Hall–Kier alpha value is -3.26. The third kappa shape index (κ3) is 4.04. The zero-order valence-electron chi connectivity index (χ0n) is 17.4. The molecule has 1 amide bonds. The Labute approximate surface area is 176 Å². The van der Waals surface area contributed by atoms with Crippen LogP contribution in [-0.4, -0.2) is 69.2 Å². The molecule has 0 bridgehead atoms. The van der Waals surface area contributed by atoms with Gasteiger partial charge in [-0.2, -0.15) is 5.10 Å². The molecule has 0 radical (unpaired) electrons. The number of benzene rings is 1. The van der Waals surface area contributed by atoms with Gasteiger partial charge in [0.25, 0.3) is 0 Å². The fourth-order valence-electron chi connectivity index (χ4n) is 3.87. The van der Waals surface area contributed by atoms with Gasteiger partial charge in [0.05, 0.1) is 11.4 Å². The van der Waals surface area contributed by atoms with Crippen LogP contribution in [0.5, 0.6) is 0 Å². The highest BCUT2D eigenvalue weighted by Gasteiger charge is 2.28. The van der Waals surface area contributed by atoms with E-state index in [0.717, 1.165) is 42.6 Å². The van der Waals surface area contributed by atoms with Crippen LogP contribution >= 0.6 is 0 Å². The van der Waals surface area contributed by atoms with Crippen LogP contribution in [0.2, 0.25) is 0 Å². The molecule has 3 aromatic rings. The van der Waals surface area contributed by atoms with Crippen molar-refractivity contribution in [2.24, 2.45) is 0 Å². The zero-order valence-corrected chi connectivity index (χ0v) is 17.4. The van der Waals surface area contributed by atoms with Crippen molar-refractivity contribution < 1.29 is 4.79 Å². The molecule has 8 nitrogen and oxygen atoms in total. The van der Waals surface area contributed by atoms with Crippen molar-refractivity contribution in [3.63, 3.8) is 0 Å². The molecular weight excluding hydrogens is 378 g/mol. The summed E-state index contributed by atoms with van der Waals surface area (Å²) in [5.41, 5.74) is 8.67. The van der Waals surface area contributed by atoms with Gasteiger partial charge >= 0.3 is 0 Å². The van der Waals surface area contributed by atoms with E-state index in [2.05, 4.69) is 9.97 Å². The molecule has 4 rings (SSSR count). The predicted molar refractivity (Wildman–Crippen MR) is 118 cm³/mol. The molecule has 0 unspecified atom stereocenters. The van der Waals surface area contributed by atoms with E-state index < -0.39 is 0 Å². The number of aromatic nitrogens is 4. The van der Waals surface area contributed by atoms with Crippen molar-refractivity contribution in [1.82, 2.24) is 29.5 Å². The summed E-state index contributed by atoms with van der Waals surface area (Å²) in [4.78, 5) is 25.2. The Morgan fingerprint density at radius 2 is 2.07 bits per heavy atom. The topological polar surface area (TPSA) is 93.2 Å². The summed E-state index contributed by atoms with van der Waals surface area (Å²) in [5.74, 6) is 0.455. The van der Waals surface area contributed by atoms with Gasteiger partial charge in [-0.25, -0.2) is 14.6 Å². The number of carbonyl (C=O) groups is 1. The monoisotopic (exact) mass is 405 g/mol. The lowest BCUT2D eigenvalue weighted by atomic mass is 10.1. The number of hydrogen-bond donors (Lipinski definition) is 1. The van der Waals surface area contributed by atoms with Crippen LogP contribution in [-0.2, 0) is 4.79 Å². The Morgan fingerprint density at radius 3 is 2.83 bits per heavy atom. The van der Waals surface area contributed by atoms with Crippen molar-refractivity contribution in [2.45, 2.75) is 18.9 Å². The first-order valence-electron chi connectivity index (χ1n) is 10.2. The maximum absolute atomic E-state index is 12.6. The first kappa shape index (κ1) is 20.0. The molecule has 1 aliphatic rings. The van der Waals surface area contributed by atoms with Gasteiger partial charge in [0.15, 0.2) is 5.65 Å². The number of likely N-dealkylation sites (N-methyl/N-ethyl adjacent to an activating group) is 1. The van der Waals surface area contributed by atoms with E-state index in [1.165, 1.54) is 6.33 Å². The Kier molecular flexibility index (Phi) is 5.76. The van der Waals surface area contributed by atoms with Crippen LogP contribution in [0.15, 0.2) is 48.8 Å². The average molecular weight is 406 g/mol. The summed E-state index contributed by atoms with van der Waals surface area (Å²) in [5, 5.41) is 5.66. The number of amides is 1.